The largest absolute Gasteiger partial charge is 0.402 e. The van der Waals surface area contributed by atoms with Crippen molar-refractivity contribution in [2.24, 2.45) is 17.4 Å². The fraction of sp³-hybridized carbons (Fsp3) is 0.833. The Balaban J connectivity index is 3.49. The summed E-state index contributed by atoms with van der Waals surface area (Å²) in [5.41, 5.74) is 12.5. The first kappa shape index (κ1) is 13.5. The van der Waals surface area contributed by atoms with Crippen molar-refractivity contribution in [1.29, 1.82) is 0 Å². The molecule has 84 valence electrons. The fourth-order valence-corrected chi connectivity index (χ4v) is 1.50. The second kappa shape index (κ2) is 7.86. The zero-order valence-corrected chi connectivity index (χ0v) is 9.92. The summed E-state index contributed by atoms with van der Waals surface area (Å²) in [6.07, 6.45) is 8.02. The highest BCUT2D eigenvalue weighted by atomic mass is 14.6. The van der Waals surface area contributed by atoms with Crippen LogP contribution in [0.1, 0.15) is 52.9 Å². The van der Waals surface area contributed by atoms with E-state index in [2.05, 4.69) is 26.8 Å². The van der Waals surface area contributed by atoms with Crippen LogP contribution in [0.15, 0.2) is 11.8 Å². The zero-order valence-electron chi connectivity index (χ0n) is 9.92. The van der Waals surface area contributed by atoms with Crippen molar-refractivity contribution in [1.82, 2.24) is 0 Å². The molecule has 0 unspecified atom stereocenters. The number of allylic oxidation sites excluding steroid dienone is 2. The lowest BCUT2D eigenvalue weighted by atomic mass is 10.0. The summed E-state index contributed by atoms with van der Waals surface area (Å²) in [5.74, 6) is 0.614. The van der Waals surface area contributed by atoms with Crippen LogP contribution in [0.25, 0.3) is 0 Å². The summed E-state index contributed by atoms with van der Waals surface area (Å²) in [6.45, 7) is 6.39. The monoisotopic (exact) mass is 198 g/mol. The maximum Gasteiger partial charge on any atom is 0.00399 e. The van der Waals surface area contributed by atoms with Gasteiger partial charge >= 0.3 is 0 Å². The molecular formula is C12H26N2. The molecule has 0 amide bonds. The van der Waals surface area contributed by atoms with Gasteiger partial charge in [-0.05, 0) is 32.1 Å². The standard InChI is InChI=1S/C12H26N2/c1-4-12(14)9-10(2)7-5-6-8-11(3)13/h9-11H,4-8,13-14H2,1-3H3/b12-9+/t10-,11-/m1/s1. The molecule has 4 N–H and O–H groups in total. The molecule has 0 saturated heterocycles. The van der Waals surface area contributed by atoms with Gasteiger partial charge in [-0.3, -0.25) is 0 Å². The minimum atomic E-state index is 0.349. The van der Waals surface area contributed by atoms with E-state index in [1.54, 1.807) is 0 Å². The molecule has 0 aromatic heterocycles. The molecule has 0 aromatic carbocycles. The van der Waals surface area contributed by atoms with E-state index in [9.17, 15) is 0 Å². The van der Waals surface area contributed by atoms with E-state index in [1.165, 1.54) is 19.3 Å². The third-order valence-electron chi connectivity index (χ3n) is 2.48. The Morgan fingerprint density at radius 3 is 2.29 bits per heavy atom. The Bertz CT molecular complexity index is 162. The lowest BCUT2D eigenvalue weighted by Gasteiger charge is -2.08. The highest BCUT2D eigenvalue weighted by molar-refractivity contribution is 4.97. The van der Waals surface area contributed by atoms with Crippen LogP contribution in [0.5, 0.6) is 0 Å². The fourth-order valence-electron chi connectivity index (χ4n) is 1.50. The second-order valence-electron chi connectivity index (χ2n) is 4.33. The van der Waals surface area contributed by atoms with Gasteiger partial charge in [0.1, 0.15) is 0 Å². The molecule has 2 heteroatoms. The first-order valence-corrected chi connectivity index (χ1v) is 5.78. The number of unbranched alkanes of at least 4 members (excludes halogenated alkanes) is 1. The van der Waals surface area contributed by atoms with Crippen LogP contribution >= 0.6 is 0 Å². The number of rotatable bonds is 7. The summed E-state index contributed by atoms with van der Waals surface area (Å²) in [6, 6.07) is 0.349. The number of hydrogen-bond donors (Lipinski definition) is 2. The van der Waals surface area contributed by atoms with Crippen LogP contribution < -0.4 is 11.5 Å². The van der Waals surface area contributed by atoms with Crippen molar-refractivity contribution in [2.75, 3.05) is 0 Å². The van der Waals surface area contributed by atoms with Crippen LogP contribution in [0, 0.1) is 5.92 Å². The molecule has 0 bridgehead atoms. The molecule has 2 nitrogen and oxygen atoms in total. The number of nitrogens with two attached hydrogens (primary N) is 2. The van der Waals surface area contributed by atoms with Gasteiger partial charge in [0.2, 0.25) is 0 Å². The first-order chi connectivity index (χ1) is 6.56. The van der Waals surface area contributed by atoms with Crippen molar-refractivity contribution in [3.63, 3.8) is 0 Å². The molecular weight excluding hydrogens is 172 g/mol. The average molecular weight is 198 g/mol. The second-order valence-corrected chi connectivity index (χ2v) is 4.33. The Morgan fingerprint density at radius 1 is 1.21 bits per heavy atom. The van der Waals surface area contributed by atoms with E-state index in [0.717, 1.165) is 18.5 Å². The smallest absolute Gasteiger partial charge is 0.00399 e. The van der Waals surface area contributed by atoms with Gasteiger partial charge in [-0.2, -0.15) is 0 Å². The molecule has 0 saturated carbocycles. The molecule has 0 radical (unpaired) electrons. The normalized spacial score (nSPS) is 16.7. The zero-order chi connectivity index (χ0) is 11.0. The predicted octanol–water partition coefficient (Wildman–Crippen LogP) is 2.78. The third-order valence-corrected chi connectivity index (χ3v) is 2.48. The summed E-state index contributed by atoms with van der Waals surface area (Å²) in [5, 5.41) is 0. The molecule has 0 aliphatic carbocycles. The topological polar surface area (TPSA) is 52.0 Å². The molecule has 0 aliphatic heterocycles. The Morgan fingerprint density at radius 2 is 1.79 bits per heavy atom. The van der Waals surface area contributed by atoms with E-state index >= 15 is 0 Å². The molecule has 2 atom stereocenters. The van der Waals surface area contributed by atoms with Crippen molar-refractivity contribution >= 4 is 0 Å². The SMILES string of the molecule is CC/C(N)=C\[C@H](C)CCCC[C@@H](C)N. The maximum atomic E-state index is 5.77. The van der Waals surface area contributed by atoms with E-state index in [0.29, 0.717) is 12.0 Å². The molecule has 0 fully saturated rings. The maximum absolute atomic E-state index is 5.77. The quantitative estimate of drug-likeness (QED) is 0.618. The minimum Gasteiger partial charge on any atom is -0.402 e. The summed E-state index contributed by atoms with van der Waals surface area (Å²) in [4.78, 5) is 0. The molecule has 0 spiro atoms. The van der Waals surface area contributed by atoms with Gasteiger partial charge in [-0.1, -0.05) is 32.8 Å². The summed E-state index contributed by atoms with van der Waals surface area (Å²) < 4.78 is 0. The minimum absolute atomic E-state index is 0.349. The molecule has 0 heterocycles. The van der Waals surface area contributed by atoms with E-state index in [4.69, 9.17) is 11.5 Å². The van der Waals surface area contributed by atoms with E-state index < -0.39 is 0 Å². The lowest BCUT2D eigenvalue weighted by molar-refractivity contribution is 0.533. The summed E-state index contributed by atoms with van der Waals surface area (Å²) in [7, 11) is 0. The Hall–Kier alpha value is -0.500. The number of hydrogen-bond acceptors (Lipinski definition) is 2. The molecule has 0 rings (SSSR count). The van der Waals surface area contributed by atoms with Crippen LogP contribution in [0.3, 0.4) is 0 Å². The van der Waals surface area contributed by atoms with Crippen molar-refractivity contribution in [3.8, 4) is 0 Å². The van der Waals surface area contributed by atoms with Gasteiger partial charge in [0.15, 0.2) is 0 Å². The van der Waals surface area contributed by atoms with Crippen molar-refractivity contribution < 1.29 is 0 Å². The van der Waals surface area contributed by atoms with Gasteiger partial charge in [0.25, 0.3) is 0 Å². The van der Waals surface area contributed by atoms with Crippen molar-refractivity contribution in [2.45, 2.75) is 58.9 Å². The summed E-state index contributed by atoms with van der Waals surface area (Å²) >= 11 is 0. The average Bonchev–Trinajstić information content (AvgIpc) is 2.12. The molecule has 0 aromatic rings. The molecule has 14 heavy (non-hydrogen) atoms. The van der Waals surface area contributed by atoms with E-state index in [1.807, 2.05) is 0 Å². The van der Waals surface area contributed by atoms with Crippen LogP contribution in [0.2, 0.25) is 0 Å². The van der Waals surface area contributed by atoms with Crippen molar-refractivity contribution in [3.05, 3.63) is 11.8 Å². The van der Waals surface area contributed by atoms with Gasteiger partial charge in [0, 0.05) is 11.7 Å². The van der Waals surface area contributed by atoms with Crippen LogP contribution in [-0.2, 0) is 0 Å². The third kappa shape index (κ3) is 8.11. The van der Waals surface area contributed by atoms with Gasteiger partial charge in [-0.15, -0.1) is 0 Å². The molecule has 0 aliphatic rings. The van der Waals surface area contributed by atoms with E-state index in [-0.39, 0.29) is 0 Å². The highest BCUT2D eigenvalue weighted by Gasteiger charge is 2.00. The van der Waals surface area contributed by atoms with Crippen LogP contribution in [0.4, 0.5) is 0 Å². The Labute approximate surface area is 88.7 Å². The van der Waals surface area contributed by atoms with Gasteiger partial charge in [0.05, 0.1) is 0 Å². The van der Waals surface area contributed by atoms with Crippen LogP contribution in [-0.4, -0.2) is 6.04 Å². The van der Waals surface area contributed by atoms with Gasteiger partial charge in [-0.25, -0.2) is 0 Å². The highest BCUT2D eigenvalue weighted by Crippen LogP contribution is 2.12. The Kier molecular flexibility index (Phi) is 7.58. The lowest BCUT2D eigenvalue weighted by Crippen LogP contribution is -2.14. The predicted molar refractivity (Wildman–Crippen MR) is 63.8 cm³/mol. The van der Waals surface area contributed by atoms with Gasteiger partial charge < -0.3 is 11.5 Å². The first-order valence-electron chi connectivity index (χ1n) is 5.78.